The molecular formula is C20H20FN3O4. The van der Waals surface area contributed by atoms with Crippen LogP contribution in [0, 0.1) is 5.82 Å². The molecule has 2 aliphatic heterocycles. The van der Waals surface area contributed by atoms with Gasteiger partial charge in [-0.05, 0) is 30.2 Å². The van der Waals surface area contributed by atoms with Crippen LogP contribution < -0.4 is 14.2 Å². The Morgan fingerprint density at radius 1 is 1.36 bits per heavy atom. The number of carbonyl (C=O) groups is 1. The Kier molecular flexibility index (Phi) is 5.10. The number of aromatic nitrogens is 2. The van der Waals surface area contributed by atoms with Gasteiger partial charge in [-0.3, -0.25) is 4.79 Å². The van der Waals surface area contributed by atoms with Gasteiger partial charge in [0.15, 0.2) is 11.5 Å². The van der Waals surface area contributed by atoms with Crippen molar-refractivity contribution in [1.82, 2.24) is 14.9 Å². The average Bonchev–Trinajstić information content (AvgIpc) is 3.36. The minimum Gasteiger partial charge on any atom is -0.470 e. The van der Waals surface area contributed by atoms with Crippen LogP contribution in [0.4, 0.5) is 4.39 Å². The minimum absolute atomic E-state index is 0.0537. The molecule has 1 saturated heterocycles. The van der Waals surface area contributed by atoms with Crippen LogP contribution in [0.2, 0.25) is 0 Å². The third-order valence-corrected chi connectivity index (χ3v) is 4.71. The molecule has 146 valence electrons. The molecule has 1 aromatic heterocycles. The highest BCUT2D eigenvalue weighted by molar-refractivity contribution is 5.92. The third-order valence-electron chi connectivity index (χ3n) is 4.71. The maximum Gasteiger partial charge on any atom is 0.254 e. The highest BCUT2D eigenvalue weighted by atomic mass is 19.1. The summed E-state index contributed by atoms with van der Waals surface area (Å²) in [7, 11) is 0. The molecule has 1 aromatic carbocycles. The summed E-state index contributed by atoms with van der Waals surface area (Å²) >= 11 is 0. The molecule has 0 spiro atoms. The lowest BCUT2D eigenvalue weighted by Gasteiger charge is -2.16. The molecule has 1 fully saturated rings. The number of hydrogen-bond acceptors (Lipinski definition) is 6. The van der Waals surface area contributed by atoms with E-state index in [0.717, 1.165) is 5.56 Å². The summed E-state index contributed by atoms with van der Waals surface area (Å²) in [5, 5.41) is 0. The largest absolute Gasteiger partial charge is 0.470 e. The zero-order chi connectivity index (χ0) is 19.5. The number of rotatable bonds is 5. The summed E-state index contributed by atoms with van der Waals surface area (Å²) in [5.41, 5.74) is 1.17. The quantitative estimate of drug-likeness (QED) is 0.737. The van der Waals surface area contributed by atoms with E-state index in [-0.39, 0.29) is 24.7 Å². The number of hydrogen-bond donors (Lipinski definition) is 0. The summed E-state index contributed by atoms with van der Waals surface area (Å²) in [6.45, 7) is 2.96. The van der Waals surface area contributed by atoms with E-state index in [9.17, 15) is 9.18 Å². The second-order valence-corrected chi connectivity index (χ2v) is 6.55. The van der Waals surface area contributed by atoms with Gasteiger partial charge in [-0.1, -0.05) is 13.0 Å². The molecule has 0 radical (unpaired) electrons. The van der Waals surface area contributed by atoms with E-state index in [1.54, 1.807) is 11.0 Å². The molecule has 3 heterocycles. The van der Waals surface area contributed by atoms with Crippen LogP contribution in [-0.2, 0) is 11.2 Å². The lowest BCUT2D eigenvalue weighted by Crippen LogP contribution is -2.29. The van der Waals surface area contributed by atoms with Gasteiger partial charge in [0.2, 0.25) is 18.5 Å². The van der Waals surface area contributed by atoms with Crippen molar-refractivity contribution in [2.24, 2.45) is 0 Å². The van der Waals surface area contributed by atoms with Gasteiger partial charge >= 0.3 is 0 Å². The summed E-state index contributed by atoms with van der Waals surface area (Å²) in [6.07, 6.45) is 5.33. The molecule has 28 heavy (non-hydrogen) atoms. The van der Waals surface area contributed by atoms with Gasteiger partial charge in [0.1, 0.15) is 12.4 Å². The number of ether oxygens (including phenoxy) is 3. The summed E-state index contributed by atoms with van der Waals surface area (Å²) < 4.78 is 30.5. The number of fused-ring (bicyclic) bond motifs is 1. The first-order valence-corrected chi connectivity index (χ1v) is 9.16. The van der Waals surface area contributed by atoms with Crippen molar-refractivity contribution in [2.75, 3.05) is 19.9 Å². The molecule has 4 rings (SSSR count). The van der Waals surface area contributed by atoms with E-state index in [4.69, 9.17) is 14.2 Å². The number of likely N-dealkylation sites (tertiary alicyclic amines) is 1. The number of nitrogens with zero attached hydrogens (tertiary/aromatic N) is 3. The van der Waals surface area contributed by atoms with Crippen LogP contribution in [0.3, 0.4) is 0 Å². The van der Waals surface area contributed by atoms with Crippen LogP contribution in [0.5, 0.6) is 17.4 Å². The summed E-state index contributed by atoms with van der Waals surface area (Å²) in [4.78, 5) is 21.9. The van der Waals surface area contributed by atoms with Crippen molar-refractivity contribution in [2.45, 2.75) is 25.9 Å². The minimum atomic E-state index is -0.530. The molecular weight excluding hydrogens is 365 g/mol. The SMILES string of the molecule is CCc1ncnc(OC2CCN(C(=O)C=Cc3ccc4c(c3)OCO4)C2)c1F. The normalized spacial score (nSPS) is 18.1. The number of halogens is 1. The van der Waals surface area contributed by atoms with Crippen LogP contribution in [0.25, 0.3) is 6.08 Å². The lowest BCUT2D eigenvalue weighted by molar-refractivity contribution is -0.125. The maximum absolute atomic E-state index is 14.2. The van der Waals surface area contributed by atoms with Crippen LogP contribution >= 0.6 is 0 Å². The fourth-order valence-electron chi connectivity index (χ4n) is 3.19. The second-order valence-electron chi connectivity index (χ2n) is 6.55. The molecule has 1 amide bonds. The predicted molar refractivity (Wildman–Crippen MR) is 98.6 cm³/mol. The van der Waals surface area contributed by atoms with Crippen molar-refractivity contribution in [1.29, 1.82) is 0 Å². The first-order valence-electron chi connectivity index (χ1n) is 9.16. The Bertz CT molecular complexity index is 918. The zero-order valence-corrected chi connectivity index (χ0v) is 15.4. The first kappa shape index (κ1) is 18.2. The number of amides is 1. The van der Waals surface area contributed by atoms with Gasteiger partial charge in [-0.25, -0.2) is 4.98 Å². The van der Waals surface area contributed by atoms with E-state index >= 15 is 0 Å². The van der Waals surface area contributed by atoms with Crippen molar-refractivity contribution < 1.29 is 23.4 Å². The van der Waals surface area contributed by atoms with Gasteiger partial charge in [-0.15, -0.1) is 0 Å². The smallest absolute Gasteiger partial charge is 0.254 e. The average molecular weight is 385 g/mol. The highest BCUT2D eigenvalue weighted by Crippen LogP contribution is 2.32. The van der Waals surface area contributed by atoms with E-state index in [2.05, 4.69) is 9.97 Å². The molecule has 8 heteroatoms. The van der Waals surface area contributed by atoms with Crippen LogP contribution in [-0.4, -0.2) is 46.8 Å². The molecule has 2 aliphatic rings. The molecule has 0 aliphatic carbocycles. The Balaban J connectivity index is 1.35. The van der Waals surface area contributed by atoms with Crippen LogP contribution in [0.15, 0.2) is 30.6 Å². The summed E-state index contributed by atoms with van der Waals surface area (Å²) in [6, 6.07) is 5.49. The monoisotopic (exact) mass is 385 g/mol. The highest BCUT2D eigenvalue weighted by Gasteiger charge is 2.28. The summed E-state index contributed by atoms with van der Waals surface area (Å²) in [5.74, 6) is 0.662. The van der Waals surface area contributed by atoms with Crippen molar-refractivity contribution in [3.8, 4) is 17.4 Å². The van der Waals surface area contributed by atoms with Gasteiger partial charge < -0.3 is 19.1 Å². The van der Waals surface area contributed by atoms with Crippen LogP contribution in [0.1, 0.15) is 24.6 Å². The number of benzene rings is 1. The zero-order valence-electron chi connectivity index (χ0n) is 15.4. The molecule has 0 bridgehead atoms. The fourth-order valence-corrected chi connectivity index (χ4v) is 3.19. The molecule has 7 nitrogen and oxygen atoms in total. The van der Waals surface area contributed by atoms with E-state index in [0.29, 0.717) is 43.1 Å². The van der Waals surface area contributed by atoms with Gasteiger partial charge in [0, 0.05) is 19.0 Å². The standard InChI is InChI=1S/C20H20FN3O4/c1-2-15-19(21)20(23-11-22-15)28-14-7-8-24(10-14)18(25)6-4-13-3-5-16-17(9-13)27-12-26-16/h3-6,9,11,14H,2,7-8,10,12H2,1H3. The number of aryl methyl sites for hydroxylation is 1. The van der Waals surface area contributed by atoms with Crippen molar-refractivity contribution >= 4 is 12.0 Å². The Labute approximate surface area is 161 Å². The van der Waals surface area contributed by atoms with Gasteiger partial charge in [0.25, 0.3) is 5.88 Å². The molecule has 1 atom stereocenters. The van der Waals surface area contributed by atoms with Gasteiger partial charge in [-0.2, -0.15) is 9.37 Å². The van der Waals surface area contributed by atoms with Crippen molar-refractivity contribution in [3.63, 3.8) is 0 Å². The molecule has 2 aromatic rings. The Hall–Kier alpha value is -3.16. The topological polar surface area (TPSA) is 73.8 Å². The molecule has 0 N–H and O–H groups in total. The maximum atomic E-state index is 14.2. The lowest BCUT2D eigenvalue weighted by atomic mass is 10.2. The Morgan fingerprint density at radius 3 is 3.07 bits per heavy atom. The fraction of sp³-hybridized carbons (Fsp3) is 0.350. The Morgan fingerprint density at radius 2 is 2.21 bits per heavy atom. The second kappa shape index (κ2) is 7.84. The van der Waals surface area contributed by atoms with Gasteiger partial charge in [0.05, 0.1) is 12.2 Å². The third kappa shape index (κ3) is 3.76. The molecule has 0 saturated carbocycles. The van der Waals surface area contributed by atoms with E-state index in [1.165, 1.54) is 12.4 Å². The number of carbonyl (C=O) groups excluding carboxylic acids is 1. The first-order chi connectivity index (χ1) is 13.6. The van der Waals surface area contributed by atoms with E-state index in [1.807, 2.05) is 25.1 Å². The van der Waals surface area contributed by atoms with Crippen molar-refractivity contribution in [3.05, 3.63) is 47.7 Å². The predicted octanol–water partition coefficient (Wildman–Crippen LogP) is 2.60. The van der Waals surface area contributed by atoms with E-state index < -0.39 is 5.82 Å². The molecule has 1 unspecified atom stereocenters.